The van der Waals surface area contributed by atoms with Crippen LogP contribution in [0.15, 0.2) is 30.3 Å². The lowest BCUT2D eigenvalue weighted by atomic mass is 10.1. The molecule has 80 valence electrons. The second-order valence-electron chi connectivity index (χ2n) is 3.94. The highest BCUT2D eigenvalue weighted by atomic mass is 14.9. The van der Waals surface area contributed by atoms with Crippen molar-refractivity contribution in [2.24, 2.45) is 0 Å². The summed E-state index contributed by atoms with van der Waals surface area (Å²) in [7, 11) is 0. The number of aromatic amines is 1. The van der Waals surface area contributed by atoms with Crippen molar-refractivity contribution in [1.29, 1.82) is 0 Å². The lowest BCUT2D eigenvalue weighted by Gasteiger charge is -2.00. The first-order valence-electron chi connectivity index (χ1n) is 5.45. The number of hydrogen-bond acceptors (Lipinski definition) is 2. The van der Waals surface area contributed by atoms with Crippen LogP contribution in [0, 0.1) is 0 Å². The molecule has 0 unspecified atom stereocenters. The Morgan fingerprint density at radius 3 is 2.88 bits per heavy atom. The van der Waals surface area contributed by atoms with E-state index >= 15 is 0 Å². The SMILES string of the molecule is CCc1nc(N)cc2c1[nH]c1ccccc12. The minimum absolute atomic E-state index is 0.592. The molecular formula is C13H13N3. The van der Waals surface area contributed by atoms with Gasteiger partial charge in [-0.2, -0.15) is 0 Å². The molecule has 0 aliphatic rings. The molecule has 2 heterocycles. The first kappa shape index (κ1) is 9.21. The highest BCUT2D eigenvalue weighted by Crippen LogP contribution is 2.28. The Kier molecular flexibility index (Phi) is 1.86. The predicted octanol–water partition coefficient (Wildman–Crippen LogP) is 2.86. The molecule has 0 aliphatic heterocycles. The Hall–Kier alpha value is -2.03. The van der Waals surface area contributed by atoms with E-state index in [9.17, 15) is 0 Å². The summed E-state index contributed by atoms with van der Waals surface area (Å²) in [5, 5.41) is 2.38. The van der Waals surface area contributed by atoms with Crippen LogP contribution in [0.3, 0.4) is 0 Å². The van der Waals surface area contributed by atoms with E-state index in [1.807, 2.05) is 18.2 Å². The van der Waals surface area contributed by atoms with Crippen LogP contribution in [0.25, 0.3) is 21.8 Å². The van der Waals surface area contributed by atoms with Gasteiger partial charge in [0.25, 0.3) is 0 Å². The maximum Gasteiger partial charge on any atom is 0.124 e. The van der Waals surface area contributed by atoms with Crippen LogP contribution in [-0.2, 0) is 6.42 Å². The zero-order valence-electron chi connectivity index (χ0n) is 9.12. The smallest absolute Gasteiger partial charge is 0.124 e. The topological polar surface area (TPSA) is 54.7 Å². The Balaban J connectivity index is 2.54. The number of hydrogen-bond donors (Lipinski definition) is 2. The Morgan fingerprint density at radius 2 is 2.06 bits per heavy atom. The third kappa shape index (κ3) is 1.18. The van der Waals surface area contributed by atoms with Gasteiger partial charge in [0.1, 0.15) is 5.82 Å². The van der Waals surface area contributed by atoms with Gasteiger partial charge >= 0.3 is 0 Å². The summed E-state index contributed by atoms with van der Waals surface area (Å²) in [5.74, 6) is 0.592. The van der Waals surface area contributed by atoms with Gasteiger partial charge in [0, 0.05) is 16.3 Å². The summed E-state index contributed by atoms with van der Waals surface area (Å²) in [6.45, 7) is 2.09. The van der Waals surface area contributed by atoms with E-state index in [0.717, 1.165) is 23.1 Å². The average Bonchev–Trinajstić information content (AvgIpc) is 2.67. The molecule has 0 aliphatic carbocycles. The molecule has 0 spiro atoms. The summed E-state index contributed by atoms with van der Waals surface area (Å²) >= 11 is 0. The summed E-state index contributed by atoms with van der Waals surface area (Å²) in [6.07, 6.45) is 0.883. The number of rotatable bonds is 1. The number of nitrogens with two attached hydrogens (primary N) is 1. The van der Waals surface area contributed by atoms with Crippen LogP contribution < -0.4 is 5.73 Å². The lowest BCUT2D eigenvalue weighted by molar-refractivity contribution is 1.06. The predicted molar refractivity (Wildman–Crippen MR) is 67.4 cm³/mol. The second-order valence-corrected chi connectivity index (χ2v) is 3.94. The molecule has 0 saturated heterocycles. The normalized spacial score (nSPS) is 11.3. The molecule has 0 saturated carbocycles. The zero-order valence-corrected chi connectivity index (χ0v) is 9.12. The van der Waals surface area contributed by atoms with Gasteiger partial charge in [-0.1, -0.05) is 25.1 Å². The zero-order chi connectivity index (χ0) is 11.1. The summed E-state index contributed by atoms with van der Waals surface area (Å²) < 4.78 is 0. The quantitative estimate of drug-likeness (QED) is 0.650. The van der Waals surface area contributed by atoms with Crippen molar-refractivity contribution in [3.05, 3.63) is 36.0 Å². The monoisotopic (exact) mass is 211 g/mol. The van der Waals surface area contributed by atoms with Crippen molar-refractivity contribution in [2.75, 3.05) is 5.73 Å². The minimum Gasteiger partial charge on any atom is -0.384 e. The number of nitrogens with one attached hydrogen (secondary N) is 1. The van der Waals surface area contributed by atoms with Crippen LogP contribution in [0.4, 0.5) is 5.82 Å². The lowest BCUT2D eigenvalue weighted by Crippen LogP contribution is -1.95. The first-order chi connectivity index (χ1) is 7.79. The number of aromatic nitrogens is 2. The van der Waals surface area contributed by atoms with Crippen molar-refractivity contribution >= 4 is 27.6 Å². The molecule has 16 heavy (non-hydrogen) atoms. The van der Waals surface area contributed by atoms with Gasteiger partial charge in [-0.05, 0) is 18.6 Å². The van der Waals surface area contributed by atoms with Crippen molar-refractivity contribution in [3.63, 3.8) is 0 Å². The van der Waals surface area contributed by atoms with Gasteiger partial charge < -0.3 is 10.7 Å². The van der Waals surface area contributed by atoms with Crippen LogP contribution in [0.1, 0.15) is 12.6 Å². The first-order valence-corrected chi connectivity index (χ1v) is 5.45. The standard InChI is InChI=1S/C13H13N3/c1-2-10-13-9(7-12(14)15-10)8-5-3-4-6-11(8)16-13/h3-7,16H,2H2,1H3,(H2,14,15). The number of benzene rings is 1. The van der Waals surface area contributed by atoms with Crippen molar-refractivity contribution in [3.8, 4) is 0 Å². The van der Waals surface area contributed by atoms with E-state index in [4.69, 9.17) is 5.73 Å². The van der Waals surface area contributed by atoms with Gasteiger partial charge in [-0.25, -0.2) is 4.98 Å². The molecular weight excluding hydrogens is 198 g/mol. The average molecular weight is 211 g/mol. The molecule has 0 bridgehead atoms. The summed E-state index contributed by atoms with van der Waals surface area (Å²) in [6, 6.07) is 10.2. The van der Waals surface area contributed by atoms with Gasteiger partial charge in [0.15, 0.2) is 0 Å². The Bertz CT molecular complexity index is 667. The summed E-state index contributed by atoms with van der Waals surface area (Å²) in [4.78, 5) is 7.77. The molecule has 3 N–H and O–H groups in total. The molecule has 1 aromatic carbocycles. The van der Waals surface area contributed by atoms with E-state index in [-0.39, 0.29) is 0 Å². The van der Waals surface area contributed by atoms with Crippen LogP contribution in [0.5, 0.6) is 0 Å². The highest BCUT2D eigenvalue weighted by molar-refractivity contribution is 6.08. The Morgan fingerprint density at radius 1 is 1.25 bits per heavy atom. The minimum atomic E-state index is 0.592. The van der Waals surface area contributed by atoms with E-state index in [2.05, 4.69) is 29.0 Å². The highest BCUT2D eigenvalue weighted by Gasteiger charge is 2.08. The number of nitrogen functional groups attached to an aromatic ring is 1. The van der Waals surface area contributed by atoms with Gasteiger partial charge in [0.2, 0.25) is 0 Å². The number of nitrogens with zero attached hydrogens (tertiary/aromatic N) is 1. The van der Waals surface area contributed by atoms with Gasteiger partial charge in [-0.15, -0.1) is 0 Å². The molecule has 2 aromatic heterocycles. The molecule has 0 atom stereocenters. The third-order valence-electron chi connectivity index (χ3n) is 2.93. The summed E-state index contributed by atoms with van der Waals surface area (Å²) in [5.41, 5.74) is 9.11. The number of pyridine rings is 1. The van der Waals surface area contributed by atoms with E-state index < -0.39 is 0 Å². The second kappa shape index (κ2) is 3.23. The molecule has 0 fully saturated rings. The fraction of sp³-hybridized carbons (Fsp3) is 0.154. The number of para-hydroxylation sites is 1. The number of H-pyrrole nitrogens is 1. The van der Waals surface area contributed by atoms with Crippen molar-refractivity contribution in [2.45, 2.75) is 13.3 Å². The van der Waals surface area contributed by atoms with Gasteiger partial charge in [-0.3, -0.25) is 0 Å². The maximum atomic E-state index is 5.83. The van der Waals surface area contributed by atoms with Crippen LogP contribution >= 0.6 is 0 Å². The van der Waals surface area contributed by atoms with Gasteiger partial charge in [0.05, 0.1) is 11.2 Å². The molecule has 0 radical (unpaired) electrons. The molecule has 3 heteroatoms. The molecule has 3 rings (SSSR count). The fourth-order valence-electron chi connectivity index (χ4n) is 2.19. The van der Waals surface area contributed by atoms with E-state index in [0.29, 0.717) is 5.82 Å². The third-order valence-corrected chi connectivity index (χ3v) is 2.93. The largest absolute Gasteiger partial charge is 0.384 e. The van der Waals surface area contributed by atoms with Crippen molar-refractivity contribution in [1.82, 2.24) is 9.97 Å². The number of anilines is 1. The van der Waals surface area contributed by atoms with E-state index in [1.165, 1.54) is 10.8 Å². The fourth-order valence-corrected chi connectivity index (χ4v) is 2.19. The number of aryl methyl sites for hydroxylation is 1. The Labute approximate surface area is 93.3 Å². The van der Waals surface area contributed by atoms with Crippen LogP contribution in [-0.4, -0.2) is 9.97 Å². The molecule has 0 amide bonds. The molecule has 3 aromatic rings. The maximum absolute atomic E-state index is 5.83. The molecule has 3 nitrogen and oxygen atoms in total. The van der Waals surface area contributed by atoms with Crippen LogP contribution in [0.2, 0.25) is 0 Å². The van der Waals surface area contributed by atoms with Crippen molar-refractivity contribution < 1.29 is 0 Å². The number of fused-ring (bicyclic) bond motifs is 3. The van der Waals surface area contributed by atoms with E-state index in [1.54, 1.807) is 0 Å².